The molecule has 0 saturated heterocycles. The lowest BCUT2D eigenvalue weighted by atomic mass is 10.1. The van der Waals surface area contributed by atoms with Gasteiger partial charge in [-0.1, -0.05) is 24.3 Å². The van der Waals surface area contributed by atoms with E-state index in [9.17, 15) is 0 Å². The van der Waals surface area contributed by atoms with Crippen molar-refractivity contribution in [2.24, 2.45) is 0 Å². The van der Waals surface area contributed by atoms with Gasteiger partial charge in [0.1, 0.15) is 16.9 Å². The molecule has 0 aliphatic carbocycles. The molecule has 3 aromatic heterocycles. The Labute approximate surface area is 158 Å². The highest BCUT2D eigenvalue weighted by molar-refractivity contribution is 7.15. The molecule has 5 aromatic rings. The Bertz CT molecular complexity index is 1260. The maximum atomic E-state index is 4.86. The van der Waals surface area contributed by atoms with Crippen molar-refractivity contribution in [3.63, 3.8) is 0 Å². The fourth-order valence-electron chi connectivity index (χ4n) is 3.06. The average Bonchev–Trinajstić information content (AvgIpc) is 3.35. The molecule has 0 bridgehead atoms. The number of thiophene rings is 1. The van der Waals surface area contributed by atoms with Gasteiger partial charge < -0.3 is 5.32 Å². The van der Waals surface area contributed by atoms with Crippen molar-refractivity contribution in [1.29, 1.82) is 0 Å². The topological polar surface area (TPSA) is 76.7 Å². The quantitative estimate of drug-likeness (QED) is 0.487. The fourth-order valence-corrected chi connectivity index (χ4v) is 3.86. The Kier molecular flexibility index (Phi) is 3.79. The molecule has 0 atom stereocenters. The van der Waals surface area contributed by atoms with E-state index < -0.39 is 0 Å². The summed E-state index contributed by atoms with van der Waals surface area (Å²) in [6.45, 7) is 2.65. The minimum absolute atomic E-state index is 0.565. The van der Waals surface area contributed by atoms with Crippen LogP contribution in [0.25, 0.3) is 32.6 Å². The van der Waals surface area contributed by atoms with Crippen molar-refractivity contribution >= 4 is 39.1 Å². The monoisotopic (exact) mass is 373 g/mol. The molecule has 1 N–H and O–H groups in total. The second-order valence-corrected chi connectivity index (χ2v) is 7.51. The summed E-state index contributed by atoms with van der Waals surface area (Å²) < 4.78 is 4.86. The summed E-state index contributed by atoms with van der Waals surface area (Å²) in [4.78, 5) is 11.8. The number of aromatic nitrogens is 4. The molecule has 0 radical (unpaired) electrons. The van der Waals surface area contributed by atoms with Gasteiger partial charge in [-0.05, 0) is 47.6 Å². The third kappa shape index (κ3) is 2.92. The number of hydrogen-bond donors (Lipinski definition) is 1. The maximum absolute atomic E-state index is 4.86. The molecule has 27 heavy (non-hydrogen) atoms. The number of para-hydroxylation sites is 1. The first-order valence-corrected chi connectivity index (χ1v) is 9.37. The van der Waals surface area contributed by atoms with Gasteiger partial charge in [-0.3, -0.25) is 0 Å². The van der Waals surface area contributed by atoms with Crippen molar-refractivity contribution in [2.75, 3.05) is 5.32 Å². The Morgan fingerprint density at radius 3 is 2.70 bits per heavy atom. The summed E-state index contributed by atoms with van der Waals surface area (Å²) in [7, 11) is 0. The van der Waals surface area contributed by atoms with E-state index in [1.54, 1.807) is 11.3 Å². The largest absolute Gasteiger partial charge is 0.365 e. The summed E-state index contributed by atoms with van der Waals surface area (Å²) in [5, 5.41) is 12.3. The molecule has 0 fully saturated rings. The highest BCUT2D eigenvalue weighted by atomic mass is 32.1. The third-order valence-electron chi connectivity index (χ3n) is 4.38. The number of benzene rings is 2. The van der Waals surface area contributed by atoms with E-state index in [2.05, 4.69) is 34.7 Å². The van der Waals surface area contributed by atoms with Crippen molar-refractivity contribution in [1.82, 2.24) is 20.3 Å². The standard InChI is InChI=1S/C20H15N5OS/c1-12-9-10-17(27-12)20-22-15-7-3-2-6-14(15)19(23-20)21-11-13-5-4-8-16-18(13)25-26-24-16/h2-10H,11H2,1H3,(H,21,22,23). The summed E-state index contributed by atoms with van der Waals surface area (Å²) >= 11 is 1.69. The molecule has 0 aliphatic rings. The van der Waals surface area contributed by atoms with Crippen LogP contribution in [0.1, 0.15) is 10.4 Å². The van der Waals surface area contributed by atoms with Crippen LogP contribution in [0, 0.1) is 6.92 Å². The Balaban J connectivity index is 1.56. The van der Waals surface area contributed by atoms with Crippen molar-refractivity contribution in [3.05, 3.63) is 65.0 Å². The lowest BCUT2D eigenvalue weighted by Crippen LogP contribution is -2.04. The zero-order valence-electron chi connectivity index (χ0n) is 14.5. The highest BCUT2D eigenvalue weighted by Gasteiger charge is 2.12. The van der Waals surface area contributed by atoms with Crippen LogP contribution in [0.5, 0.6) is 0 Å². The normalized spacial score (nSPS) is 11.3. The predicted octanol–water partition coefficient (Wildman–Crippen LogP) is 4.82. The molecule has 0 saturated carbocycles. The molecule has 7 heteroatoms. The smallest absolute Gasteiger partial charge is 0.172 e. The van der Waals surface area contributed by atoms with Crippen LogP contribution >= 0.6 is 11.3 Å². The number of hydrogen-bond acceptors (Lipinski definition) is 7. The third-order valence-corrected chi connectivity index (χ3v) is 5.38. The molecule has 5 rings (SSSR count). The first-order valence-electron chi connectivity index (χ1n) is 8.55. The van der Waals surface area contributed by atoms with Gasteiger partial charge >= 0.3 is 0 Å². The van der Waals surface area contributed by atoms with Crippen LogP contribution < -0.4 is 5.32 Å². The average molecular weight is 373 g/mol. The molecule has 3 heterocycles. The van der Waals surface area contributed by atoms with Crippen LogP contribution in [0.3, 0.4) is 0 Å². The lowest BCUT2D eigenvalue weighted by molar-refractivity contribution is 0.315. The van der Waals surface area contributed by atoms with E-state index in [0.717, 1.165) is 44.0 Å². The number of anilines is 1. The molecular formula is C20H15N5OS. The number of nitrogens with zero attached hydrogens (tertiary/aromatic N) is 4. The first kappa shape index (κ1) is 15.9. The predicted molar refractivity (Wildman–Crippen MR) is 107 cm³/mol. The van der Waals surface area contributed by atoms with Crippen molar-refractivity contribution in [3.8, 4) is 10.7 Å². The zero-order chi connectivity index (χ0) is 18.2. The van der Waals surface area contributed by atoms with Crippen LogP contribution in [0.2, 0.25) is 0 Å². The summed E-state index contributed by atoms with van der Waals surface area (Å²) in [6, 6.07) is 18.0. The van der Waals surface area contributed by atoms with Crippen molar-refractivity contribution < 1.29 is 4.63 Å². The molecule has 0 spiro atoms. The van der Waals surface area contributed by atoms with Crippen LogP contribution in [-0.2, 0) is 6.54 Å². The van der Waals surface area contributed by atoms with Crippen LogP contribution in [0.15, 0.2) is 59.2 Å². The summed E-state index contributed by atoms with van der Waals surface area (Å²) in [5.74, 6) is 1.53. The van der Waals surface area contributed by atoms with Gasteiger partial charge in [-0.2, -0.15) is 0 Å². The lowest BCUT2D eigenvalue weighted by Gasteiger charge is -2.10. The Morgan fingerprint density at radius 2 is 1.81 bits per heavy atom. The molecule has 0 amide bonds. The Hall–Kier alpha value is -3.32. The summed E-state index contributed by atoms with van der Waals surface area (Å²) in [5.41, 5.74) is 3.43. The van der Waals surface area contributed by atoms with Gasteiger partial charge in [0.05, 0.1) is 10.4 Å². The molecule has 0 aliphatic heterocycles. The van der Waals surface area contributed by atoms with Gasteiger partial charge in [0, 0.05) is 22.4 Å². The van der Waals surface area contributed by atoms with Gasteiger partial charge in [-0.25, -0.2) is 14.6 Å². The zero-order valence-corrected chi connectivity index (χ0v) is 15.3. The van der Waals surface area contributed by atoms with Gasteiger partial charge in [-0.15, -0.1) is 11.3 Å². The number of fused-ring (bicyclic) bond motifs is 2. The first-order chi connectivity index (χ1) is 13.3. The number of rotatable bonds is 4. The van der Waals surface area contributed by atoms with E-state index in [0.29, 0.717) is 6.54 Å². The van der Waals surface area contributed by atoms with E-state index in [-0.39, 0.29) is 0 Å². The van der Waals surface area contributed by atoms with E-state index in [1.807, 2.05) is 42.5 Å². The number of aryl methyl sites for hydroxylation is 1. The van der Waals surface area contributed by atoms with E-state index in [1.165, 1.54) is 4.88 Å². The van der Waals surface area contributed by atoms with E-state index in [4.69, 9.17) is 14.6 Å². The molecule has 0 unspecified atom stereocenters. The molecular weight excluding hydrogens is 358 g/mol. The molecule has 2 aromatic carbocycles. The van der Waals surface area contributed by atoms with Crippen LogP contribution in [-0.4, -0.2) is 20.3 Å². The van der Waals surface area contributed by atoms with Gasteiger partial charge in [0.15, 0.2) is 5.82 Å². The maximum Gasteiger partial charge on any atom is 0.172 e. The fraction of sp³-hybridized carbons (Fsp3) is 0.100. The molecule has 6 nitrogen and oxygen atoms in total. The highest BCUT2D eigenvalue weighted by Crippen LogP contribution is 2.29. The molecule has 132 valence electrons. The van der Waals surface area contributed by atoms with Gasteiger partial charge in [0.25, 0.3) is 0 Å². The second kappa shape index (κ2) is 6.44. The second-order valence-electron chi connectivity index (χ2n) is 6.23. The SMILES string of the molecule is Cc1ccc(-c2nc(NCc3cccc4nonc34)c3ccccc3n2)s1. The van der Waals surface area contributed by atoms with E-state index >= 15 is 0 Å². The minimum atomic E-state index is 0.565. The van der Waals surface area contributed by atoms with Crippen molar-refractivity contribution in [2.45, 2.75) is 13.5 Å². The Morgan fingerprint density at radius 1 is 0.926 bits per heavy atom. The van der Waals surface area contributed by atoms with Gasteiger partial charge in [0.2, 0.25) is 0 Å². The number of nitrogens with one attached hydrogen (secondary N) is 1. The minimum Gasteiger partial charge on any atom is -0.365 e. The van der Waals surface area contributed by atoms with Crippen LogP contribution in [0.4, 0.5) is 5.82 Å². The summed E-state index contributed by atoms with van der Waals surface area (Å²) in [6.07, 6.45) is 0.